The van der Waals surface area contributed by atoms with Gasteiger partial charge in [-0.3, -0.25) is 9.48 Å². The molecule has 1 aliphatic heterocycles. The van der Waals surface area contributed by atoms with Crippen LogP contribution in [0.25, 0.3) is 0 Å². The molecule has 0 saturated carbocycles. The van der Waals surface area contributed by atoms with Gasteiger partial charge in [0.2, 0.25) is 15.9 Å². The van der Waals surface area contributed by atoms with Crippen LogP contribution in [0.5, 0.6) is 0 Å². The highest BCUT2D eigenvalue weighted by atomic mass is 32.2. The van der Waals surface area contributed by atoms with E-state index < -0.39 is 22.2 Å². The Morgan fingerprint density at radius 2 is 2.18 bits per heavy atom. The number of aryl methyl sites for hydroxylation is 2. The summed E-state index contributed by atoms with van der Waals surface area (Å²) < 4.78 is 26.6. The number of nitrogens with one attached hydrogen (secondary N) is 1. The third-order valence-electron chi connectivity index (χ3n) is 3.95. The Morgan fingerprint density at radius 1 is 1.50 bits per heavy atom. The van der Waals surface area contributed by atoms with Crippen LogP contribution in [0.4, 0.5) is 0 Å². The van der Waals surface area contributed by atoms with Crippen LogP contribution in [0.3, 0.4) is 0 Å². The first kappa shape index (κ1) is 16.9. The summed E-state index contributed by atoms with van der Waals surface area (Å²) in [5.74, 6) is -0.0971. The van der Waals surface area contributed by atoms with Gasteiger partial charge in [-0.05, 0) is 18.9 Å². The molecule has 2 rings (SSSR count). The molecular weight excluding hydrogens is 308 g/mol. The van der Waals surface area contributed by atoms with E-state index in [4.69, 9.17) is 0 Å². The molecule has 0 spiro atoms. The van der Waals surface area contributed by atoms with Crippen LogP contribution < -0.4 is 4.72 Å². The summed E-state index contributed by atoms with van der Waals surface area (Å²) in [4.78, 5) is 13.7. The molecule has 2 atom stereocenters. The number of carbonyl (C=O) groups is 1. The molecule has 124 valence electrons. The van der Waals surface area contributed by atoms with Gasteiger partial charge in [0.1, 0.15) is 0 Å². The number of hydrogen-bond acceptors (Lipinski definition) is 5. The number of aliphatic hydroxyl groups is 1. The maximum Gasteiger partial charge on any atom is 0.223 e. The maximum absolute atomic E-state index is 12.2. The lowest BCUT2D eigenvalue weighted by Gasteiger charge is -2.16. The van der Waals surface area contributed by atoms with Crippen LogP contribution in [0, 0.1) is 6.92 Å². The highest BCUT2D eigenvalue weighted by Crippen LogP contribution is 2.15. The van der Waals surface area contributed by atoms with E-state index in [1.807, 2.05) is 14.0 Å². The summed E-state index contributed by atoms with van der Waals surface area (Å²) in [6.45, 7) is 2.29. The number of rotatable bonds is 5. The summed E-state index contributed by atoms with van der Waals surface area (Å²) in [5.41, 5.74) is 2.03. The molecule has 0 radical (unpaired) electrons. The molecule has 1 aromatic heterocycles. The molecule has 9 heteroatoms. The molecule has 2 N–H and O–H groups in total. The number of hydrogen-bond donors (Lipinski definition) is 2. The van der Waals surface area contributed by atoms with Crippen molar-refractivity contribution in [3.63, 3.8) is 0 Å². The topological polar surface area (TPSA) is 105 Å². The van der Waals surface area contributed by atoms with Crippen molar-refractivity contribution in [1.29, 1.82) is 0 Å². The predicted octanol–water partition coefficient (Wildman–Crippen LogP) is -1.22. The fourth-order valence-electron chi connectivity index (χ4n) is 2.57. The van der Waals surface area contributed by atoms with Crippen molar-refractivity contribution < 1.29 is 18.3 Å². The van der Waals surface area contributed by atoms with Crippen LogP contribution in [-0.4, -0.2) is 65.6 Å². The van der Waals surface area contributed by atoms with E-state index >= 15 is 0 Å². The summed E-state index contributed by atoms with van der Waals surface area (Å²) in [7, 11) is -1.56. The van der Waals surface area contributed by atoms with Crippen LogP contribution >= 0.6 is 0 Å². The lowest BCUT2D eigenvalue weighted by molar-refractivity contribution is -0.130. The minimum atomic E-state index is -3.41. The minimum Gasteiger partial charge on any atom is -0.390 e. The molecule has 1 aromatic rings. The number of amides is 1. The second-order valence-corrected chi connectivity index (χ2v) is 7.52. The molecule has 1 saturated heterocycles. The van der Waals surface area contributed by atoms with Gasteiger partial charge in [0.05, 0.1) is 24.6 Å². The van der Waals surface area contributed by atoms with Gasteiger partial charge in [0, 0.05) is 32.3 Å². The highest BCUT2D eigenvalue weighted by molar-refractivity contribution is 7.88. The first-order chi connectivity index (χ1) is 10.2. The van der Waals surface area contributed by atoms with Gasteiger partial charge >= 0.3 is 0 Å². The first-order valence-corrected chi connectivity index (χ1v) is 8.97. The fourth-order valence-corrected chi connectivity index (χ4v) is 3.35. The lowest BCUT2D eigenvalue weighted by Crippen LogP contribution is -2.42. The minimum absolute atomic E-state index is 0.0971. The third-order valence-corrected chi connectivity index (χ3v) is 4.68. The van der Waals surface area contributed by atoms with Crippen molar-refractivity contribution in [2.45, 2.75) is 31.9 Å². The van der Waals surface area contributed by atoms with Crippen molar-refractivity contribution in [1.82, 2.24) is 19.4 Å². The lowest BCUT2D eigenvalue weighted by atomic mass is 10.1. The Labute approximate surface area is 130 Å². The zero-order valence-corrected chi connectivity index (χ0v) is 13.8. The van der Waals surface area contributed by atoms with Gasteiger partial charge < -0.3 is 10.0 Å². The third kappa shape index (κ3) is 4.05. The average Bonchev–Trinajstić information content (AvgIpc) is 2.91. The van der Waals surface area contributed by atoms with Crippen molar-refractivity contribution in [3.8, 4) is 0 Å². The second-order valence-electron chi connectivity index (χ2n) is 5.74. The number of aliphatic hydroxyl groups excluding tert-OH is 1. The van der Waals surface area contributed by atoms with Crippen molar-refractivity contribution in [3.05, 3.63) is 17.5 Å². The van der Waals surface area contributed by atoms with Crippen LogP contribution in [0.15, 0.2) is 6.20 Å². The van der Waals surface area contributed by atoms with E-state index in [-0.39, 0.29) is 19.0 Å². The van der Waals surface area contributed by atoms with E-state index in [9.17, 15) is 18.3 Å². The molecule has 22 heavy (non-hydrogen) atoms. The van der Waals surface area contributed by atoms with Gasteiger partial charge in [-0.1, -0.05) is 0 Å². The number of likely N-dealkylation sites (tertiary alicyclic amines) is 1. The Balaban J connectivity index is 1.90. The van der Waals surface area contributed by atoms with Crippen molar-refractivity contribution in [2.75, 3.05) is 19.3 Å². The van der Waals surface area contributed by atoms with E-state index in [2.05, 4.69) is 9.82 Å². The number of sulfonamides is 1. The van der Waals surface area contributed by atoms with E-state index in [0.29, 0.717) is 12.8 Å². The quantitative estimate of drug-likeness (QED) is 0.704. The summed E-state index contributed by atoms with van der Waals surface area (Å²) in [6.07, 6.45) is 2.80. The molecule has 0 unspecified atom stereocenters. The largest absolute Gasteiger partial charge is 0.390 e. The van der Waals surface area contributed by atoms with Crippen molar-refractivity contribution >= 4 is 15.9 Å². The fraction of sp³-hybridized carbons (Fsp3) is 0.692. The molecule has 1 amide bonds. The van der Waals surface area contributed by atoms with Crippen LogP contribution in [-0.2, 0) is 28.3 Å². The predicted molar refractivity (Wildman–Crippen MR) is 80.6 cm³/mol. The number of nitrogens with zero attached hydrogens (tertiary/aromatic N) is 3. The molecular formula is C13H22N4O4S. The van der Waals surface area contributed by atoms with Crippen LogP contribution in [0.2, 0.25) is 0 Å². The Kier molecular flexibility index (Phi) is 4.88. The zero-order valence-electron chi connectivity index (χ0n) is 13.0. The number of aromatic nitrogens is 2. The molecule has 0 aliphatic carbocycles. The number of β-amino-alcohol motifs (C(OH)–C–C–N with tert-alkyl or cyclic N) is 1. The van der Waals surface area contributed by atoms with E-state index in [1.54, 1.807) is 10.9 Å². The zero-order chi connectivity index (χ0) is 16.5. The molecule has 1 fully saturated rings. The van der Waals surface area contributed by atoms with Crippen molar-refractivity contribution in [2.24, 2.45) is 7.05 Å². The number of carbonyl (C=O) groups excluding carboxylic acids is 1. The first-order valence-electron chi connectivity index (χ1n) is 7.08. The maximum atomic E-state index is 12.2. The molecule has 8 nitrogen and oxygen atoms in total. The Morgan fingerprint density at radius 3 is 2.73 bits per heavy atom. The monoisotopic (exact) mass is 330 g/mol. The van der Waals surface area contributed by atoms with E-state index in [0.717, 1.165) is 17.5 Å². The van der Waals surface area contributed by atoms with Gasteiger partial charge in [0.25, 0.3) is 0 Å². The van der Waals surface area contributed by atoms with Gasteiger partial charge in [-0.2, -0.15) is 5.10 Å². The Bertz CT molecular complexity index is 655. The summed E-state index contributed by atoms with van der Waals surface area (Å²) in [6, 6.07) is -0.640. The average molecular weight is 330 g/mol. The van der Waals surface area contributed by atoms with Gasteiger partial charge in [-0.15, -0.1) is 0 Å². The molecule has 0 bridgehead atoms. The molecule has 2 heterocycles. The Hall–Kier alpha value is -1.45. The smallest absolute Gasteiger partial charge is 0.223 e. The van der Waals surface area contributed by atoms with Gasteiger partial charge in [-0.25, -0.2) is 13.1 Å². The standard InChI is InChI=1S/C13H22N4O4S/c1-9-10(6-14-16(9)2)4-5-13(19)17-7-11(12(18)8-17)15-22(3,20)21/h6,11-12,15,18H,4-5,7-8H2,1-3H3/t11-,12-/m1/s1. The highest BCUT2D eigenvalue weighted by Gasteiger charge is 2.35. The molecule has 0 aromatic carbocycles. The summed E-state index contributed by atoms with van der Waals surface area (Å²) >= 11 is 0. The SMILES string of the molecule is Cc1c(CCC(=O)N2C[C@@H](O)[C@H](NS(C)(=O)=O)C2)cnn1C. The van der Waals surface area contributed by atoms with E-state index in [1.165, 1.54) is 4.90 Å². The molecule has 1 aliphatic rings. The van der Waals surface area contributed by atoms with Crippen LogP contribution in [0.1, 0.15) is 17.7 Å². The normalized spacial score (nSPS) is 22.3. The van der Waals surface area contributed by atoms with Gasteiger partial charge in [0.15, 0.2) is 0 Å². The summed E-state index contributed by atoms with van der Waals surface area (Å²) in [5, 5.41) is 14.0. The second kappa shape index (κ2) is 6.35.